The van der Waals surface area contributed by atoms with Gasteiger partial charge in [0.05, 0.1) is 24.6 Å². The molecule has 2 aromatic rings. The van der Waals surface area contributed by atoms with E-state index in [2.05, 4.69) is 10.6 Å². The zero-order valence-electron chi connectivity index (χ0n) is 19.0. The Morgan fingerprint density at radius 1 is 0.909 bits per heavy atom. The van der Waals surface area contributed by atoms with E-state index in [1.54, 1.807) is 18.2 Å². The third kappa shape index (κ3) is 9.55. The Morgan fingerprint density at radius 3 is 2.39 bits per heavy atom. The van der Waals surface area contributed by atoms with Crippen LogP contribution < -0.4 is 10.6 Å². The highest BCUT2D eigenvalue weighted by Gasteiger charge is 2.14. The van der Waals surface area contributed by atoms with Crippen molar-refractivity contribution in [1.82, 2.24) is 5.32 Å². The molecule has 0 radical (unpaired) electrons. The Hall–Kier alpha value is -3.68. The number of benzene rings is 2. The molecule has 0 unspecified atom stereocenters. The minimum atomic E-state index is -0.652. The summed E-state index contributed by atoms with van der Waals surface area (Å²) in [6.07, 6.45) is 1.41. The van der Waals surface area contributed by atoms with Gasteiger partial charge in [-0.2, -0.15) is 0 Å². The van der Waals surface area contributed by atoms with Crippen molar-refractivity contribution >= 4 is 29.4 Å². The second-order valence-electron chi connectivity index (χ2n) is 7.48. The van der Waals surface area contributed by atoms with E-state index in [0.717, 1.165) is 18.4 Å². The van der Waals surface area contributed by atoms with Crippen molar-refractivity contribution in [2.24, 2.45) is 0 Å². The molecule has 0 heterocycles. The number of ether oxygens (including phenoxy) is 2. The minimum Gasteiger partial charge on any atom is -0.462 e. The molecule has 0 fully saturated rings. The Balaban J connectivity index is 1.70. The van der Waals surface area contributed by atoms with Crippen LogP contribution in [0.2, 0.25) is 0 Å². The van der Waals surface area contributed by atoms with Crippen LogP contribution in [0, 0.1) is 0 Å². The van der Waals surface area contributed by atoms with Gasteiger partial charge in [-0.1, -0.05) is 49.7 Å². The summed E-state index contributed by atoms with van der Waals surface area (Å²) in [5.74, 6) is -1.94. The van der Waals surface area contributed by atoms with E-state index < -0.39 is 30.4 Å². The van der Waals surface area contributed by atoms with E-state index in [-0.39, 0.29) is 18.9 Å². The Bertz CT molecular complexity index is 945. The van der Waals surface area contributed by atoms with Gasteiger partial charge in [0.15, 0.2) is 6.61 Å². The molecule has 2 aromatic carbocycles. The van der Waals surface area contributed by atoms with Crippen molar-refractivity contribution in [1.29, 1.82) is 0 Å². The van der Waals surface area contributed by atoms with Crippen LogP contribution >= 0.6 is 0 Å². The highest BCUT2D eigenvalue weighted by atomic mass is 16.5. The van der Waals surface area contributed by atoms with E-state index in [4.69, 9.17) is 9.47 Å². The van der Waals surface area contributed by atoms with Gasteiger partial charge in [-0.05, 0) is 37.1 Å². The lowest BCUT2D eigenvalue weighted by Gasteiger charge is -2.14. The van der Waals surface area contributed by atoms with Gasteiger partial charge in [-0.15, -0.1) is 0 Å². The van der Waals surface area contributed by atoms with E-state index in [9.17, 15) is 19.2 Å². The van der Waals surface area contributed by atoms with E-state index >= 15 is 0 Å². The fourth-order valence-electron chi connectivity index (χ4n) is 2.88. The standard InChI is InChI=1S/C25H30N2O6/c1-3-4-15-32-25(31)20-11-8-12-21(16-20)27-22(28)13-14-24(30)33-17-23(29)26-18(2)19-9-6-5-7-10-19/h5-12,16,18H,3-4,13-15,17H2,1-2H3,(H,26,29)(H,27,28)/t18-/m1/s1. The maximum atomic E-state index is 12.1. The molecule has 33 heavy (non-hydrogen) atoms. The molecule has 176 valence electrons. The number of hydrogen-bond acceptors (Lipinski definition) is 6. The van der Waals surface area contributed by atoms with Gasteiger partial charge in [0.25, 0.3) is 5.91 Å². The second kappa shape index (κ2) is 13.7. The summed E-state index contributed by atoms with van der Waals surface area (Å²) in [6, 6.07) is 15.6. The SMILES string of the molecule is CCCCOC(=O)c1cccc(NC(=O)CCC(=O)OCC(=O)N[C@H](C)c2ccccc2)c1. The Morgan fingerprint density at radius 2 is 1.67 bits per heavy atom. The van der Waals surface area contributed by atoms with Gasteiger partial charge in [-0.3, -0.25) is 14.4 Å². The number of esters is 2. The first-order valence-corrected chi connectivity index (χ1v) is 11.0. The summed E-state index contributed by atoms with van der Waals surface area (Å²) in [7, 11) is 0. The highest BCUT2D eigenvalue weighted by molar-refractivity contribution is 5.95. The number of amides is 2. The van der Waals surface area contributed by atoms with E-state index in [0.29, 0.717) is 17.9 Å². The summed E-state index contributed by atoms with van der Waals surface area (Å²) in [4.78, 5) is 48.0. The molecule has 0 aliphatic heterocycles. The van der Waals surface area contributed by atoms with Gasteiger partial charge in [-0.25, -0.2) is 4.79 Å². The molecule has 8 nitrogen and oxygen atoms in total. The number of rotatable bonds is 12. The van der Waals surface area contributed by atoms with Gasteiger partial charge < -0.3 is 20.1 Å². The highest BCUT2D eigenvalue weighted by Crippen LogP contribution is 2.13. The van der Waals surface area contributed by atoms with Crippen LogP contribution in [0.15, 0.2) is 54.6 Å². The fraction of sp³-hybridized carbons (Fsp3) is 0.360. The summed E-state index contributed by atoms with van der Waals surface area (Å²) < 4.78 is 10.1. The van der Waals surface area contributed by atoms with Crippen LogP contribution in [-0.2, 0) is 23.9 Å². The molecule has 1 atom stereocenters. The molecule has 0 aliphatic carbocycles. The van der Waals surface area contributed by atoms with Crippen LogP contribution in [0.25, 0.3) is 0 Å². The average molecular weight is 455 g/mol. The summed E-state index contributed by atoms with van der Waals surface area (Å²) in [6.45, 7) is 3.76. The number of carbonyl (C=O) groups is 4. The van der Waals surface area contributed by atoms with Crippen LogP contribution in [0.4, 0.5) is 5.69 Å². The lowest BCUT2D eigenvalue weighted by atomic mass is 10.1. The minimum absolute atomic E-state index is 0.119. The van der Waals surface area contributed by atoms with Gasteiger partial charge in [0, 0.05) is 12.1 Å². The molecule has 0 spiro atoms. The van der Waals surface area contributed by atoms with Crippen molar-refractivity contribution in [3.05, 3.63) is 65.7 Å². The molecule has 0 aromatic heterocycles. The molecule has 0 saturated heterocycles. The maximum Gasteiger partial charge on any atom is 0.338 e. The monoisotopic (exact) mass is 454 g/mol. The fourth-order valence-corrected chi connectivity index (χ4v) is 2.88. The third-order valence-corrected chi connectivity index (χ3v) is 4.71. The van der Waals surface area contributed by atoms with Crippen molar-refractivity contribution < 1.29 is 28.7 Å². The first-order valence-electron chi connectivity index (χ1n) is 11.0. The summed E-state index contributed by atoms with van der Waals surface area (Å²) in [5, 5.41) is 5.38. The summed E-state index contributed by atoms with van der Waals surface area (Å²) >= 11 is 0. The largest absolute Gasteiger partial charge is 0.462 e. The normalized spacial score (nSPS) is 11.2. The smallest absolute Gasteiger partial charge is 0.338 e. The maximum absolute atomic E-state index is 12.1. The third-order valence-electron chi connectivity index (χ3n) is 4.71. The van der Waals surface area contributed by atoms with Crippen molar-refractivity contribution in [2.45, 2.75) is 45.6 Å². The van der Waals surface area contributed by atoms with Crippen LogP contribution in [0.5, 0.6) is 0 Å². The Kier molecular flexibility index (Phi) is 10.6. The van der Waals surface area contributed by atoms with Crippen LogP contribution in [-0.4, -0.2) is 37.0 Å². The van der Waals surface area contributed by atoms with Crippen molar-refractivity contribution in [3.63, 3.8) is 0 Å². The molecular formula is C25H30N2O6. The number of unbranched alkanes of at least 4 members (excludes halogenated alkanes) is 1. The topological polar surface area (TPSA) is 111 Å². The number of carbonyl (C=O) groups excluding carboxylic acids is 4. The lowest BCUT2D eigenvalue weighted by molar-refractivity contribution is -0.149. The first-order chi connectivity index (χ1) is 15.9. The first kappa shape index (κ1) is 25.6. The van der Waals surface area contributed by atoms with E-state index in [1.165, 1.54) is 6.07 Å². The molecule has 2 rings (SSSR count). The number of anilines is 1. The predicted molar refractivity (Wildman–Crippen MR) is 123 cm³/mol. The van der Waals surface area contributed by atoms with Gasteiger partial charge in [0.2, 0.25) is 5.91 Å². The lowest BCUT2D eigenvalue weighted by Crippen LogP contribution is -2.31. The molecule has 0 aliphatic rings. The summed E-state index contributed by atoms with van der Waals surface area (Å²) in [5.41, 5.74) is 1.69. The molecule has 8 heteroatoms. The molecule has 0 saturated carbocycles. The zero-order valence-corrected chi connectivity index (χ0v) is 19.0. The van der Waals surface area contributed by atoms with Crippen molar-refractivity contribution in [3.8, 4) is 0 Å². The zero-order chi connectivity index (χ0) is 24.1. The molecule has 0 bridgehead atoms. The predicted octanol–water partition coefficient (Wildman–Crippen LogP) is 3.78. The van der Waals surface area contributed by atoms with Gasteiger partial charge in [0.1, 0.15) is 0 Å². The van der Waals surface area contributed by atoms with Gasteiger partial charge >= 0.3 is 11.9 Å². The second-order valence-corrected chi connectivity index (χ2v) is 7.48. The average Bonchev–Trinajstić information content (AvgIpc) is 2.82. The number of hydrogen-bond donors (Lipinski definition) is 2. The number of nitrogens with one attached hydrogen (secondary N) is 2. The molecular weight excluding hydrogens is 424 g/mol. The molecule has 2 amide bonds. The van der Waals surface area contributed by atoms with Crippen molar-refractivity contribution in [2.75, 3.05) is 18.5 Å². The van der Waals surface area contributed by atoms with Crippen LogP contribution in [0.1, 0.15) is 61.5 Å². The molecule has 2 N–H and O–H groups in total. The van der Waals surface area contributed by atoms with Crippen LogP contribution in [0.3, 0.4) is 0 Å². The Labute approximate surface area is 193 Å². The quantitative estimate of drug-likeness (QED) is 0.373. The van der Waals surface area contributed by atoms with E-state index in [1.807, 2.05) is 44.2 Å².